The Hall–Kier alpha value is -1.52. The zero-order valence-electron chi connectivity index (χ0n) is 10.7. The minimum absolute atomic E-state index is 0.0269. The third-order valence-corrected chi connectivity index (χ3v) is 3.62. The molecule has 0 aromatic rings. The Morgan fingerprint density at radius 3 is 2.78 bits per heavy atom. The molecular formula is C13H20N2O3. The van der Waals surface area contributed by atoms with E-state index in [1.165, 1.54) is 5.57 Å². The van der Waals surface area contributed by atoms with Gasteiger partial charge in [-0.25, -0.2) is 4.79 Å². The van der Waals surface area contributed by atoms with E-state index in [1.807, 2.05) is 6.08 Å². The van der Waals surface area contributed by atoms with Crippen molar-refractivity contribution in [1.29, 1.82) is 0 Å². The van der Waals surface area contributed by atoms with Crippen LogP contribution in [0.25, 0.3) is 0 Å². The molecule has 0 bridgehead atoms. The van der Waals surface area contributed by atoms with Gasteiger partial charge in [0.2, 0.25) is 0 Å². The summed E-state index contributed by atoms with van der Waals surface area (Å²) in [6.07, 6.45) is 5.03. The predicted octanol–water partition coefficient (Wildman–Crippen LogP) is 1.60. The summed E-state index contributed by atoms with van der Waals surface area (Å²) in [5.41, 5.74) is 1.31. The Balaban J connectivity index is 1.86. The van der Waals surface area contributed by atoms with Crippen molar-refractivity contribution in [2.24, 2.45) is 5.92 Å². The third-order valence-electron chi connectivity index (χ3n) is 3.62. The number of carbonyl (C=O) groups is 2. The Bertz CT molecular complexity index is 374. The summed E-state index contributed by atoms with van der Waals surface area (Å²) in [5, 5.41) is 11.7. The maximum absolute atomic E-state index is 12.0. The molecule has 100 valence electrons. The van der Waals surface area contributed by atoms with Crippen LogP contribution in [-0.4, -0.2) is 41.1 Å². The highest BCUT2D eigenvalue weighted by Crippen LogP contribution is 2.34. The molecule has 18 heavy (non-hydrogen) atoms. The van der Waals surface area contributed by atoms with Crippen LogP contribution in [0, 0.1) is 5.92 Å². The molecule has 0 aromatic heterocycles. The number of amides is 2. The summed E-state index contributed by atoms with van der Waals surface area (Å²) in [5.74, 6) is -0.492. The Morgan fingerprint density at radius 2 is 2.28 bits per heavy atom. The molecule has 1 aliphatic heterocycles. The van der Waals surface area contributed by atoms with Crippen molar-refractivity contribution < 1.29 is 14.7 Å². The maximum atomic E-state index is 12.0. The van der Waals surface area contributed by atoms with Gasteiger partial charge in [0.25, 0.3) is 0 Å². The second-order valence-corrected chi connectivity index (χ2v) is 5.24. The summed E-state index contributed by atoms with van der Waals surface area (Å²) in [7, 11) is 0. The standard InChI is InChI=1S/C13H20N2O3/c1-9-4-6-15(7-5-9)13(18)14-11(8-12(16)17)10-2-3-10/h4,10-11H,2-3,5-8H2,1H3,(H,14,18)(H,16,17). The molecule has 1 saturated carbocycles. The molecule has 1 fully saturated rings. The van der Waals surface area contributed by atoms with Crippen LogP contribution in [0.1, 0.15) is 32.6 Å². The van der Waals surface area contributed by atoms with E-state index in [1.54, 1.807) is 4.90 Å². The van der Waals surface area contributed by atoms with Crippen molar-refractivity contribution in [3.63, 3.8) is 0 Å². The van der Waals surface area contributed by atoms with Crippen LogP contribution in [0.4, 0.5) is 4.79 Å². The lowest BCUT2D eigenvalue weighted by Gasteiger charge is -2.28. The monoisotopic (exact) mass is 252 g/mol. The van der Waals surface area contributed by atoms with Gasteiger partial charge in [-0.1, -0.05) is 11.6 Å². The number of carboxylic acid groups (broad SMARTS) is 1. The van der Waals surface area contributed by atoms with Crippen LogP contribution in [0.5, 0.6) is 0 Å². The Kier molecular flexibility index (Phi) is 3.89. The minimum Gasteiger partial charge on any atom is -0.481 e. The molecule has 1 atom stereocenters. The maximum Gasteiger partial charge on any atom is 0.317 e. The molecule has 0 radical (unpaired) electrons. The molecule has 2 aliphatic rings. The van der Waals surface area contributed by atoms with E-state index in [4.69, 9.17) is 5.11 Å². The van der Waals surface area contributed by atoms with Gasteiger partial charge in [-0.3, -0.25) is 4.79 Å². The van der Waals surface area contributed by atoms with E-state index in [0.717, 1.165) is 25.8 Å². The number of urea groups is 1. The van der Waals surface area contributed by atoms with Gasteiger partial charge >= 0.3 is 12.0 Å². The van der Waals surface area contributed by atoms with Crippen molar-refractivity contribution in [3.8, 4) is 0 Å². The third kappa shape index (κ3) is 3.48. The fourth-order valence-corrected chi connectivity index (χ4v) is 2.23. The highest BCUT2D eigenvalue weighted by Gasteiger charge is 2.34. The number of aliphatic carboxylic acids is 1. The fourth-order valence-electron chi connectivity index (χ4n) is 2.23. The quantitative estimate of drug-likeness (QED) is 0.747. The highest BCUT2D eigenvalue weighted by molar-refractivity contribution is 5.76. The topological polar surface area (TPSA) is 69.6 Å². The van der Waals surface area contributed by atoms with E-state index in [9.17, 15) is 9.59 Å². The van der Waals surface area contributed by atoms with E-state index >= 15 is 0 Å². The van der Waals surface area contributed by atoms with Crippen molar-refractivity contribution in [1.82, 2.24) is 10.2 Å². The van der Waals surface area contributed by atoms with Gasteiger partial charge in [-0.2, -0.15) is 0 Å². The van der Waals surface area contributed by atoms with Crippen LogP contribution in [0.15, 0.2) is 11.6 Å². The molecule has 0 saturated heterocycles. The molecule has 0 spiro atoms. The minimum atomic E-state index is -0.846. The molecule has 5 nitrogen and oxygen atoms in total. The normalized spacial score (nSPS) is 21.2. The van der Waals surface area contributed by atoms with Crippen LogP contribution in [-0.2, 0) is 4.79 Å². The van der Waals surface area contributed by atoms with Crippen molar-refractivity contribution in [2.75, 3.05) is 13.1 Å². The van der Waals surface area contributed by atoms with Crippen molar-refractivity contribution in [2.45, 2.75) is 38.6 Å². The zero-order chi connectivity index (χ0) is 13.1. The smallest absolute Gasteiger partial charge is 0.317 e. The Labute approximate surface area is 107 Å². The number of hydrogen-bond acceptors (Lipinski definition) is 2. The van der Waals surface area contributed by atoms with E-state index < -0.39 is 5.97 Å². The van der Waals surface area contributed by atoms with Gasteiger partial charge < -0.3 is 15.3 Å². The average molecular weight is 252 g/mol. The van der Waals surface area contributed by atoms with E-state index in [2.05, 4.69) is 12.2 Å². The molecule has 2 rings (SSSR count). The number of rotatable bonds is 4. The van der Waals surface area contributed by atoms with Gasteiger partial charge in [0.05, 0.1) is 6.42 Å². The molecule has 1 heterocycles. The first kappa shape index (κ1) is 12.9. The molecule has 1 aliphatic carbocycles. The van der Waals surface area contributed by atoms with Crippen LogP contribution >= 0.6 is 0 Å². The Morgan fingerprint density at radius 1 is 1.56 bits per heavy atom. The lowest BCUT2D eigenvalue weighted by Crippen LogP contribution is -2.47. The molecule has 1 unspecified atom stereocenters. The van der Waals surface area contributed by atoms with Gasteiger partial charge in [-0.05, 0) is 32.1 Å². The number of hydrogen-bond donors (Lipinski definition) is 2. The second-order valence-electron chi connectivity index (χ2n) is 5.24. The SMILES string of the molecule is CC1=CCN(C(=O)NC(CC(=O)O)C2CC2)CC1. The van der Waals surface area contributed by atoms with Gasteiger partial charge in [-0.15, -0.1) is 0 Å². The highest BCUT2D eigenvalue weighted by atomic mass is 16.4. The summed E-state index contributed by atoms with van der Waals surface area (Å²) >= 11 is 0. The number of carboxylic acids is 1. The van der Waals surface area contributed by atoms with Gasteiger partial charge in [0.15, 0.2) is 0 Å². The number of carbonyl (C=O) groups excluding carboxylic acids is 1. The van der Waals surface area contributed by atoms with Crippen LogP contribution < -0.4 is 5.32 Å². The first-order valence-electron chi connectivity index (χ1n) is 6.49. The first-order valence-corrected chi connectivity index (χ1v) is 6.49. The fraction of sp³-hybridized carbons (Fsp3) is 0.692. The summed E-state index contributed by atoms with van der Waals surface area (Å²) in [6, 6.07) is -0.334. The van der Waals surface area contributed by atoms with Gasteiger partial charge in [0.1, 0.15) is 0 Å². The van der Waals surface area contributed by atoms with E-state index in [0.29, 0.717) is 12.5 Å². The lowest BCUT2D eigenvalue weighted by atomic mass is 10.1. The first-order chi connectivity index (χ1) is 8.56. The molecule has 2 amide bonds. The lowest BCUT2D eigenvalue weighted by molar-refractivity contribution is -0.137. The number of nitrogens with one attached hydrogen (secondary N) is 1. The molecule has 5 heteroatoms. The van der Waals surface area contributed by atoms with Crippen molar-refractivity contribution in [3.05, 3.63) is 11.6 Å². The molecule has 2 N–H and O–H groups in total. The molecular weight excluding hydrogens is 232 g/mol. The van der Waals surface area contributed by atoms with Crippen molar-refractivity contribution >= 4 is 12.0 Å². The summed E-state index contributed by atoms with van der Waals surface area (Å²) in [6.45, 7) is 3.41. The van der Waals surface area contributed by atoms with E-state index in [-0.39, 0.29) is 18.5 Å². The summed E-state index contributed by atoms with van der Waals surface area (Å²) < 4.78 is 0. The number of nitrogens with zero attached hydrogens (tertiary/aromatic N) is 1. The predicted molar refractivity (Wildman–Crippen MR) is 67.2 cm³/mol. The van der Waals surface area contributed by atoms with Gasteiger partial charge in [0, 0.05) is 19.1 Å². The van der Waals surface area contributed by atoms with Crippen LogP contribution in [0.2, 0.25) is 0 Å². The van der Waals surface area contributed by atoms with Crippen LogP contribution in [0.3, 0.4) is 0 Å². The zero-order valence-corrected chi connectivity index (χ0v) is 10.7. The second kappa shape index (κ2) is 5.42. The largest absolute Gasteiger partial charge is 0.481 e. The molecule has 0 aromatic carbocycles. The average Bonchev–Trinajstić information content (AvgIpc) is 3.12. The summed E-state index contributed by atoms with van der Waals surface area (Å²) in [4.78, 5) is 24.5.